The van der Waals surface area contributed by atoms with E-state index >= 15 is 0 Å². The molecule has 0 unspecified atom stereocenters. The largest absolute Gasteiger partial charge is 0.353 e. The molecule has 0 bridgehead atoms. The summed E-state index contributed by atoms with van der Waals surface area (Å²) >= 11 is 0. The van der Waals surface area contributed by atoms with Crippen molar-refractivity contribution in [3.8, 4) is 0 Å². The number of halogens is 1. The highest BCUT2D eigenvalue weighted by Crippen LogP contribution is 2.12. The normalized spacial score (nSPS) is 15.2. The minimum Gasteiger partial charge on any atom is -0.353 e. The molecule has 3 rings (SSSR count). The molecule has 1 aliphatic heterocycles. The Balaban J connectivity index is 0.00000208. The van der Waals surface area contributed by atoms with E-state index in [0.29, 0.717) is 0 Å². The molecule has 1 N–H and O–H groups in total. The number of hydrogen-bond acceptors (Lipinski definition) is 4. The number of aryl methyl sites for hydroxylation is 1. The standard InChI is InChI=1S/C16H23N7.HI/c1-17-16(19-11-14-12-20-21(2)13-14)23-9-7-22(8-10-23)15-5-3-4-6-18-15;/h3-6,12-13H,7-11H2,1-2H3,(H,17,19);1H. The van der Waals surface area contributed by atoms with Crippen LogP contribution in [-0.2, 0) is 13.6 Å². The van der Waals surface area contributed by atoms with E-state index in [9.17, 15) is 0 Å². The van der Waals surface area contributed by atoms with Crippen LogP contribution >= 0.6 is 24.0 Å². The molecular weight excluding hydrogens is 417 g/mol. The number of nitrogens with one attached hydrogen (secondary N) is 1. The second-order valence-electron chi connectivity index (χ2n) is 5.59. The van der Waals surface area contributed by atoms with Gasteiger partial charge in [-0.05, 0) is 12.1 Å². The molecule has 1 aliphatic rings. The van der Waals surface area contributed by atoms with Crippen LogP contribution in [0, 0.1) is 0 Å². The Labute approximate surface area is 159 Å². The van der Waals surface area contributed by atoms with Crippen molar-refractivity contribution in [1.29, 1.82) is 0 Å². The summed E-state index contributed by atoms with van der Waals surface area (Å²) in [4.78, 5) is 13.4. The monoisotopic (exact) mass is 441 g/mol. The fraction of sp³-hybridized carbons (Fsp3) is 0.438. The maximum Gasteiger partial charge on any atom is 0.194 e. The zero-order valence-electron chi connectivity index (χ0n) is 14.1. The summed E-state index contributed by atoms with van der Waals surface area (Å²) in [6.45, 7) is 4.50. The van der Waals surface area contributed by atoms with Crippen LogP contribution in [-0.4, -0.2) is 58.9 Å². The van der Waals surface area contributed by atoms with Gasteiger partial charge < -0.3 is 15.1 Å². The number of anilines is 1. The zero-order valence-corrected chi connectivity index (χ0v) is 16.4. The Morgan fingerprint density at radius 2 is 2.04 bits per heavy atom. The van der Waals surface area contributed by atoms with Crippen LogP contribution in [0.4, 0.5) is 5.82 Å². The lowest BCUT2D eigenvalue weighted by Crippen LogP contribution is -2.52. The minimum atomic E-state index is 0. The maximum atomic E-state index is 4.42. The third-order valence-corrected chi connectivity index (χ3v) is 3.97. The van der Waals surface area contributed by atoms with Gasteiger partial charge in [-0.2, -0.15) is 5.10 Å². The molecule has 2 aromatic rings. The summed E-state index contributed by atoms with van der Waals surface area (Å²) < 4.78 is 1.81. The Hall–Kier alpha value is -1.84. The first-order valence-electron chi connectivity index (χ1n) is 7.85. The third-order valence-electron chi connectivity index (χ3n) is 3.97. The molecule has 0 aromatic carbocycles. The molecule has 1 saturated heterocycles. The average molecular weight is 441 g/mol. The first-order chi connectivity index (χ1) is 11.3. The molecule has 3 heterocycles. The molecule has 7 nitrogen and oxygen atoms in total. The van der Waals surface area contributed by atoms with Crippen LogP contribution < -0.4 is 10.2 Å². The van der Waals surface area contributed by atoms with Gasteiger partial charge in [-0.15, -0.1) is 24.0 Å². The maximum absolute atomic E-state index is 4.42. The smallest absolute Gasteiger partial charge is 0.194 e. The van der Waals surface area contributed by atoms with Gasteiger partial charge in [0.25, 0.3) is 0 Å². The second-order valence-corrected chi connectivity index (χ2v) is 5.59. The van der Waals surface area contributed by atoms with Gasteiger partial charge in [-0.25, -0.2) is 4.98 Å². The lowest BCUT2D eigenvalue weighted by Gasteiger charge is -2.37. The summed E-state index contributed by atoms with van der Waals surface area (Å²) in [5, 5.41) is 7.60. The van der Waals surface area contributed by atoms with E-state index in [4.69, 9.17) is 0 Å². The molecule has 8 heteroatoms. The topological polar surface area (TPSA) is 61.6 Å². The number of aliphatic imine (C=N–C) groups is 1. The Bertz CT molecular complexity index is 647. The number of nitrogens with zero attached hydrogens (tertiary/aromatic N) is 6. The number of hydrogen-bond donors (Lipinski definition) is 1. The van der Waals surface area contributed by atoms with Crippen LogP contribution in [0.25, 0.3) is 0 Å². The zero-order chi connectivity index (χ0) is 16.1. The summed E-state index contributed by atoms with van der Waals surface area (Å²) in [5.41, 5.74) is 1.15. The number of piperazine rings is 1. The predicted molar refractivity (Wildman–Crippen MR) is 107 cm³/mol. The number of guanidine groups is 1. The lowest BCUT2D eigenvalue weighted by molar-refractivity contribution is 0.371. The Morgan fingerprint density at radius 3 is 2.62 bits per heavy atom. The van der Waals surface area contributed by atoms with E-state index in [1.807, 2.05) is 49.5 Å². The summed E-state index contributed by atoms with van der Waals surface area (Å²) in [6, 6.07) is 6.04. The van der Waals surface area contributed by atoms with Gasteiger partial charge in [0.2, 0.25) is 0 Å². The first-order valence-corrected chi connectivity index (χ1v) is 7.85. The van der Waals surface area contributed by atoms with Gasteiger partial charge in [-0.1, -0.05) is 6.07 Å². The van der Waals surface area contributed by atoms with E-state index in [0.717, 1.165) is 50.1 Å². The number of aromatic nitrogens is 3. The molecule has 0 aliphatic carbocycles. The molecule has 1 fully saturated rings. The molecule has 0 atom stereocenters. The van der Waals surface area contributed by atoms with Crippen molar-refractivity contribution < 1.29 is 0 Å². The van der Waals surface area contributed by atoms with Crippen molar-refractivity contribution >= 4 is 35.8 Å². The molecule has 130 valence electrons. The van der Waals surface area contributed by atoms with Gasteiger partial charge in [-0.3, -0.25) is 9.67 Å². The highest BCUT2D eigenvalue weighted by molar-refractivity contribution is 14.0. The Morgan fingerprint density at radius 1 is 1.25 bits per heavy atom. The molecule has 0 saturated carbocycles. The molecule has 0 amide bonds. The Kier molecular flexibility index (Phi) is 6.83. The van der Waals surface area contributed by atoms with Gasteiger partial charge in [0.1, 0.15) is 5.82 Å². The van der Waals surface area contributed by atoms with Crippen LogP contribution in [0.15, 0.2) is 41.8 Å². The highest BCUT2D eigenvalue weighted by atomic mass is 127. The van der Waals surface area contributed by atoms with E-state index < -0.39 is 0 Å². The van der Waals surface area contributed by atoms with Gasteiger partial charge >= 0.3 is 0 Å². The van der Waals surface area contributed by atoms with Crippen molar-refractivity contribution in [2.24, 2.45) is 12.0 Å². The van der Waals surface area contributed by atoms with E-state index in [1.165, 1.54) is 0 Å². The lowest BCUT2D eigenvalue weighted by atomic mass is 10.3. The van der Waals surface area contributed by atoms with E-state index in [-0.39, 0.29) is 24.0 Å². The summed E-state index contributed by atoms with van der Waals surface area (Å²) in [7, 11) is 3.76. The van der Waals surface area contributed by atoms with Gasteiger partial charge in [0.05, 0.1) is 6.20 Å². The first kappa shape index (κ1) is 18.5. The quantitative estimate of drug-likeness (QED) is 0.443. The van der Waals surface area contributed by atoms with Gasteiger partial charge in [0, 0.05) is 64.8 Å². The third kappa shape index (κ3) is 4.59. The highest BCUT2D eigenvalue weighted by Gasteiger charge is 2.20. The SMILES string of the molecule is CN=C(NCc1cnn(C)c1)N1CCN(c2ccccn2)CC1.I. The van der Waals surface area contributed by atoms with Crippen molar-refractivity contribution in [1.82, 2.24) is 25.0 Å². The van der Waals surface area contributed by atoms with E-state index in [1.54, 1.807) is 0 Å². The van der Waals surface area contributed by atoms with Crippen LogP contribution in [0.2, 0.25) is 0 Å². The second kappa shape index (κ2) is 8.86. The fourth-order valence-corrected chi connectivity index (χ4v) is 2.76. The van der Waals surface area contributed by atoms with Crippen molar-refractivity contribution in [3.05, 3.63) is 42.4 Å². The summed E-state index contributed by atoms with van der Waals surface area (Å²) in [5.74, 6) is 1.99. The van der Waals surface area contributed by atoms with Crippen LogP contribution in [0.1, 0.15) is 5.56 Å². The predicted octanol–water partition coefficient (Wildman–Crippen LogP) is 1.33. The van der Waals surface area contributed by atoms with Gasteiger partial charge in [0.15, 0.2) is 5.96 Å². The van der Waals surface area contributed by atoms with Crippen LogP contribution in [0.3, 0.4) is 0 Å². The van der Waals surface area contributed by atoms with Crippen molar-refractivity contribution in [2.75, 3.05) is 38.1 Å². The average Bonchev–Trinajstić information content (AvgIpc) is 3.02. The van der Waals surface area contributed by atoms with Crippen molar-refractivity contribution in [2.45, 2.75) is 6.54 Å². The molecule has 2 aromatic heterocycles. The van der Waals surface area contributed by atoms with Crippen LogP contribution in [0.5, 0.6) is 0 Å². The fourth-order valence-electron chi connectivity index (χ4n) is 2.76. The molecule has 24 heavy (non-hydrogen) atoms. The van der Waals surface area contributed by atoms with Crippen molar-refractivity contribution in [3.63, 3.8) is 0 Å². The minimum absolute atomic E-state index is 0. The number of rotatable bonds is 3. The molecular formula is C16H24IN7. The van der Waals surface area contributed by atoms with E-state index in [2.05, 4.69) is 36.3 Å². The number of pyridine rings is 1. The summed E-state index contributed by atoms with van der Waals surface area (Å²) in [6.07, 6.45) is 5.73. The molecule has 0 spiro atoms. The molecule has 0 radical (unpaired) electrons.